The average molecular weight is 262 g/mol. The van der Waals surface area contributed by atoms with Crippen molar-refractivity contribution in [2.45, 2.75) is 13.5 Å². The Morgan fingerprint density at radius 3 is 2.16 bits per heavy atom. The molecule has 0 fully saturated rings. The van der Waals surface area contributed by atoms with Gasteiger partial charge in [0.25, 0.3) is 11.6 Å². The minimum Gasteiger partial charge on any atom is -0.455 e. The first kappa shape index (κ1) is 14.4. The molecule has 1 aromatic carbocycles. The molecule has 0 aliphatic rings. The molecule has 0 aromatic heterocycles. The van der Waals surface area contributed by atoms with E-state index >= 15 is 0 Å². The van der Waals surface area contributed by atoms with E-state index in [-0.39, 0.29) is 12.9 Å². The van der Waals surface area contributed by atoms with Crippen molar-refractivity contribution in [2.75, 3.05) is 0 Å². The van der Waals surface area contributed by atoms with Gasteiger partial charge in [0.15, 0.2) is 6.29 Å². The number of ketones is 3. The fraction of sp³-hybridized carbons (Fsp3) is 0.154. The third-order valence-corrected chi connectivity index (χ3v) is 2.21. The van der Waals surface area contributed by atoms with Crippen LogP contribution < -0.4 is 0 Å². The molecule has 0 saturated carbocycles. The second-order valence-corrected chi connectivity index (χ2v) is 3.70. The molecule has 0 saturated heterocycles. The molecule has 0 aliphatic carbocycles. The van der Waals surface area contributed by atoms with Gasteiger partial charge in [0, 0.05) is 0 Å². The van der Waals surface area contributed by atoms with Crippen molar-refractivity contribution in [3.8, 4) is 0 Å². The molecule has 0 atom stereocenters. The first-order valence-corrected chi connectivity index (χ1v) is 5.26. The lowest BCUT2D eigenvalue weighted by atomic mass is 10.1. The van der Waals surface area contributed by atoms with Gasteiger partial charge in [-0.1, -0.05) is 29.8 Å². The monoisotopic (exact) mass is 262 g/mol. The van der Waals surface area contributed by atoms with Crippen molar-refractivity contribution in [1.29, 1.82) is 0 Å². The van der Waals surface area contributed by atoms with Crippen molar-refractivity contribution >= 4 is 29.6 Å². The van der Waals surface area contributed by atoms with Gasteiger partial charge in [-0.15, -0.1) is 0 Å². The number of ether oxygens (including phenoxy) is 1. The van der Waals surface area contributed by atoms with Crippen LogP contribution in [0.5, 0.6) is 0 Å². The average Bonchev–Trinajstić information content (AvgIpc) is 2.43. The van der Waals surface area contributed by atoms with Crippen LogP contribution in [0.3, 0.4) is 0 Å². The third-order valence-electron chi connectivity index (χ3n) is 2.21. The molecule has 1 rings (SSSR count). The molecule has 1 aromatic rings. The quantitative estimate of drug-likeness (QED) is 0.308. The molecule has 0 spiro atoms. The highest BCUT2D eigenvalue weighted by Crippen LogP contribution is 2.04. The van der Waals surface area contributed by atoms with E-state index in [2.05, 4.69) is 4.74 Å². The minimum absolute atomic E-state index is 0.201. The Morgan fingerprint density at radius 1 is 1.05 bits per heavy atom. The summed E-state index contributed by atoms with van der Waals surface area (Å²) >= 11 is 0. The smallest absolute Gasteiger partial charge is 0.383 e. The molecule has 19 heavy (non-hydrogen) atoms. The van der Waals surface area contributed by atoms with E-state index in [9.17, 15) is 24.0 Å². The summed E-state index contributed by atoms with van der Waals surface area (Å²) in [6, 6.07) is 6.94. The van der Waals surface area contributed by atoms with Crippen LogP contribution in [-0.4, -0.2) is 29.6 Å². The lowest BCUT2D eigenvalue weighted by Gasteiger charge is -2.03. The largest absolute Gasteiger partial charge is 0.455 e. The molecule has 6 nitrogen and oxygen atoms in total. The maximum atomic E-state index is 11.2. The number of rotatable bonds is 6. The molecule has 0 bridgehead atoms. The summed E-state index contributed by atoms with van der Waals surface area (Å²) in [6.45, 7) is 1.68. The third kappa shape index (κ3) is 3.95. The highest BCUT2D eigenvalue weighted by molar-refractivity contribution is 6.83. The maximum Gasteiger partial charge on any atom is 0.383 e. The Bertz CT molecular complexity index is 541. The maximum absolute atomic E-state index is 11.2. The van der Waals surface area contributed by atoms with E-state index in [0.29, 0.717) is 5.56 Å². The zero-order valence-corrected chi connectivity index (χ0v) is 10.0. The van der Waals surface area contributed by atoms with Crippen LogP contribution >= 0.6 is 0 Å². The number of Topliss-reactive ketones (excluding diaryl/α,β-unsaturated/α-hetero) is 3. The van der Waals surface area contributed by atoms with E-state index < -0.39 is 23.3 Å². The van der Waals surface area contributed by atoms with Crippen molar-refractivity contribution < 1.29 is 28.7 Å². The number of hydrogen-bond donors (Lipinski definition) is 0. The summed E-state index contributed by atoms with van der Waals surface area (Å²) in [7, 11) is 0. The van der Waals surface area contributed by atoms with Crippen LogP contribution in [0.25, 0.3) is 0 Å². The zero-order valence-electron chi connectivity index (χ0n) is 10.0. The second kappa shape index (κ2) is 6.34. The van der Waals surface area contributed by atoms with Crippen LogP contribution in [0.2, 0.25) is 0 Å². The molecule has 0 amide bonds. The van der Waals surface area contributed by atoms with Crippen molar-refractivity contribution in [3.63, 3.8) is 0 Å². The fourth-order valence-electron chi connectivity index (χ4n) is 1.16. The van der Waals surface area contributed by atoms with Gasteiger partial charge >= 0.3 is 11.8 Å². The molecule has 0 aliphatic heterocycles. The lowest BCUT2D eigenvalue weighted by molar-refractivity contribution is -0.159. The van der Waals surface area contributed by atoms with Crippen molar-refractivity contribution in [2.24, 2.45) is 0 Å². The molecule has 98 valence electrons. The van der Waals surface area contributed by atoms with E-state index in [1.807, 2.05) is 6.92 Å². The molecule has 0 radical (unpaired) electrons. The van der Waals surface area contributed by atoms with Gasteiger partial charge in [0.2, 0.25) is 0 Å². The molecular weight excluding hydrogens is 252 g/mol. The normalized spacial score (nSPS) is 9.53. The van der Waals surface area contributed by atoms with Crippen molar-refractivity contribution in [3.05, 3.63) is 35.4 Å². The zero-order chi connectivity index (χ0) is 14.4. The highest BCUT2D eigenvalue weighted by Gasteiger charge is 2.29. The van der Waals surface area contributed by atoms with Crippen LogP contribution in [0.1, 0.15) is 11.1 Å². The molecule has 6 heteroatoms. The summed E-state index contributed by atoms with van der Waals surface area (Å²) in [5.41, 5.74) is 1.64. The summed E-state index contributed by atoms with van der Waals surface area (Å²) in [4.78, 5) is 53.9. The fourth-order valence-corrected chi connectivity index (χ4v) is 1.16. The van der Waals surface area contributed by atoms with Gasteiger partial charge in [-0.05, 0) is 12.5 Å². The number of aryl methyl sites for hydroxylation is 1. The van der Waals surface area contributed by atoms with Gasteiger partial charge in [0.1, 0.15) is 6.61 Å². The van der Waals surface area contributed by atoms with Gasteiger partial charge < -0.3 is 4.74 Å². The Labute approximate surface area is 108 Å². The standard InChI is InChI=1S/C13H10O6/c1-8-2-4-9(5-3-8)7-19-13(18)12(17)11(16)10(15)6-14/h2-6H,7H2,1H3. The number of carbonyl (C=O) groups excluding carboxylic acids is 5. The predicted molar refractivity (Wildman–Crippen MR) is 62.1 cm³/mol. The lowest BCUT2D eigenvalue weighted by Crippen LogP contribution is -2.32. The predicted octanol–water partition coefficient (Wildman–Crippen LogP) is -0.0556. The van der Waals surface area contributed by atoms with E-state index in [0.717, 1.165) is 5.56 Å². The van der Waals surface area contributed by atoms with Crippen LogP contribution in [0.4, 0.5) is 0 Å². The summed E-state index contributed by atoms with van der Waals surface area (Å²) in [6.07, 6.45) is -0.326. The van der Waals surface area contributed by atoms with Crippen LogP contribution in [0.15, 0.2) is 24.3 Å². The van der Waals surface area contributed by atoms with E-state index in [1.54, 1.807) is 24.3 Å². The number of benzene rings is 1. The summed E-state index contributed by atoms with van der Waals surface area (Å²) in [5, 5.41) is 0. The summed E-state index contributed by atoms with van der Waals surface area (Å²) in [5.74, 6) is -6.37. The molecule has 0 heterocycles. The number of hydrogen-bond acceptors (Lipinski definition) is 6. The number of aldehydes is 1. The topological polar surface area (TPSA) is 94.6 Å². The van der Waals surface area contributed by atoms with Gasteiger partial charge in [0.05, 0.1) is 0 Å². The SMILES string of the molecule is Cc1ccc(COC(=O)C(=O)C(=O)C(=O)C=O)cc1. The van der Waals surface area contributed by atoms with Gasteiger partial charge in [-0.3, -0.25) is 19.2 Å². The summed E-state index contributed by atoms with van der Waals surface area (Å²) < 4.78 is 4.57. The Kier molecular flexibility index (Phi) is 4.82. The second-order valence-electron chi connectivity index (χ2n) is 3.70. The molecule has 0 N–H and O–H groups in total. The highest BCUT2D eigenvalue weighted by atomic mass is 16.5. The first-order valence-electron chi connectivity index (χ1n) is 5.26. The first-order chi connectivity index (χ1) is 8.95. The Morgan fingerprint density at radius 2 is 1.63 bits per heavy atom. The van der Waals surface area contributed by atoms with Crippen molar-refractivity contribution in [1.82, 2.24) is 0 Å². The Hall–Kier alpha value is -2.63. The van der Waals surface area contributed by atoms with Gasteiger partial charge in [-0.2, -0.15) is 0 Å². The molecule has 0 unspecified atom stereocenters. The van der Waals surface area contributed by atoms with Crippen LogP contribution in [-0.2, 0) is 35.3 Å². The van der Waals surface area contributed by atoms with E-state index in [1.165, 1.54) is 0 Å². The number of esters is 1. The number of carbonyl (C=O) groups is 5. The van der Waals surface area contributed by atoms with Crippen LogP contribution in [0, 0.1) is 6.92 Å². The van der Waals surface area contributed by atoms with Gasteiger partial charge in [-0.25, -0.2) is 4.79 Å². The van der Waals surface area contributed by atoms with E-state index in [4.69, 9.17) is 0 Å². The Balaban J connectivity index is 2.58. The minimum atomic E-state index is -1.69. The molecular formula is C13H10O6.